The van der Waals surface area contributed by atoms with Gasteiger partial charge in [0.25, 0.3) is 0 Å². The highest BCUT2D eigenvalue weighted by Crippen LogP contribution is 2.23. The molecule has 98 valence electrons. The number of hydrogen-bond donors (Lipinski definition) is 2. The van der Waals surface area contributed by atoms with Crippen LogP contribution in [0.2, 0.25) is 0 Å². The molecule has 1 aliphatic heterocycles. The highest BCUT2D eigenvalue weighted by Gasteiger charge is 2.17. The van der Waals surface area contributed by atoms with E-state index in [-0.39, 0.29) is 0 Å². The summed E-state index contributed by atoms with van der Waals surface area (Å²) < 4.78 is 5.35. The van der Waals surface area contributed by atoms with Crippen LogP contribution < -0.4 is 10.6 Å². The van der Waals surface area contributed by atoms with Crippen molar-refractivity contribution in [2.75, 3.05) is 23.8 Å². The van der Waals surface area contributed by atoms with Crippen LogP contribution in [0.5, 0.6) is 0 Å². The maximum Gasteiger partial charge on any atom is 0.126 e. The number of pyridine rings is 1. The van der Waals surface area contributed by atoms with E-state index in [0.717, 1.165) is 37.6 Å². The summed E-state index contributed by atoms with van der Waals surface area (Å²) in [7, 11) is 0. The third-order valence-corrected chi connectivity index (χ3v) is 3.81. The predicted molar refractivity (Wildman–Crippen MR) is 73.0 cm³/mol. The zero-order chi connectivity index (χ0) is 12.2. The summed E-state index contributed by atoms with van der Waals surface area (Å²) in [6, 6.07) is 5.36. The number of ether oxygens (including phenoxy) is 1. The van der Waals surface area contributed by atoms with Crippen LogP contribution >= 0.6 is 0 Å². The average Bonchev–Trinajstić information content (AvgIpc) is 2.37. The molecule has 2 aliphatic rings. The van der Waals surface area contributed by atoms with Crippen molar-refractivity contribution in [1.29, 1.82) is 0 Å². The fraction of sp³-hybridized carbons (Fsp3) is 0.643. The summed E-state index contributed by atoms with van der Waals surface area (Å²) in [5, 5.41) is 6.97. The van der Waals surface area contributed by atoms with Crippen LogP contribution in [-0.2, 0) is 4.74 Å². The van der Waals surface area contributed by atoms with Crippen LogP contribution in [0.15, 0.2) is 18.3 Å². The lowest BCUT2D eigenvalue weighted by atomic mass is 9.93. The number of nitrogens with one attached hydrogen (secondary N) is 2. The van der Waals surface area contributed by atoms with E-state index in [1.165, 1.54) is 19.3 Å². The fourth-order valence-electron chi connectivity index (χ4n) is 2.40. The molecule has 1 saturated carbocycles. The van der Waals surface area contributed by atoms with Crippen LogP contribution in [0.3, 0.4) is 0 Å². The summed E-state index contributed by atoms with van der Waals surface area (Å²) in [5.74, 6) is 0.997. The van der Waals surface area contributed by atoms with Crippen molar-refractivity contribution in [2.24, 2.45) is 0 Å². The third kappa shape index (κ3) is 2.93. The van der Waals surface area contributed by atoms with E-state index in [4.69, 9.17) is 4.74 Å². The van der Waals surface area contributed by atoms with E-state index in [1.54, 1.807) is 0 Å². The average molecular weight is 247 g/mol. The van der Waals surface area contributed by atoms with Crippen LogP contribution in [-0.4, -0.2) is 30.3 Å². The van der Waals surface area contributed by atoms with Crippen LogP contribution in [0, 0.1) is 0 Å². The molecule has 3 rings (SSSR count). The van der Waals surface area contributed by atoms with E-state index in [2.05, 4.69) is 27.8 Å². The normalized spacial score (nSPS) is 21.3. The molecule has 18 heavy (non-hydrogen) atoms. The van der Waals surface area contributed by atoms with Crippen molar-refractivity contribution in [2.45, 2.75) is 44.2 Å². The monoisotopic (exact) mass is 247 g/mol. The molecule has 1 aliphatic carbocycles. The van der Waals surface area contributed by atoms with Gasteiger partial charge in [0.1, 0.15) is 5.82 Å². The number of nitrogens with zero attached hydrogens (tertiary/aromatic N) is 1. The molecule has 0 radical (unpaired) electrons. The second-order valence-electron chi connectivity index (χ2n) is 5.24. The van der Waals surface area contributed by atoms with Gasteiger partial charge in [-0.25, -0.2) is 4.98 Å². The highest BCUT2D eigenvalue weighted by molar-refractivity contribution is 5.48. The van der Waals surface area contributed by atoms with Gasteiger partial charge < -0.3 is 15.4 Å². The molecule has 2 fully saturated rings. The topological polar surface area (TPSA) is 46.2 Å². The van der Waals surface area contributed by atoms with Crippen molar-refractivity contribution in [3.05, 3.63) is 18.3 Å². The molecule has 2 heterocycles. The molecule has 2 N–H and O–H groups in total. The number of aromatic nitrogens is 1. The molecular weight excluding hydrogens is 226 g/mol. The first-order valence-electron chi connectivity index (χ1n) is 6.97. The van der Waals surface area contributed by atoms with E-state index in [9.17, 15) is 0 Å². The lowest BCUT2D eigenvalue weighted by Gasteiger charge is -2.27. The lowest BCUT2D eigenvalue weighted by Crippen LogP contribution is -2.28. The molecule has 0 spiro atoms. The van der Waals surface area contributed by atoms with Crippen molar-refractivity contribution in [1.82, 2.24) is 4.98 Å². The number of rotatable bonds is 4. The van der Waals surface area contributed by atoms with Gasteiger partial charge in [-0.1, -0.05) is 0 Å². The van der Waals surface area contributed by atoms with Gasteiger partial charge >= 0.3 is 0 Å². The largest absolute Gasteiger partial charge is 0.381 e. The summed E-state index contributed by atoms with van der Waals surface area (Å²) in [6.45, 7) is 1.73. The minimum Gasteiger partial charge on any atom is -0.381 e. The summed E-state index contributed by atoms with van der Waals surface area (Å²) in [5.41, 5.74) is 1.11. The molecule has 0 unspecified atom stereocenters. The molecule has 1 aromatic rings. The Balaban J connectivity index is 1.52. The minimum atomic E-state index is 0.533. The molecule has 4 heteroatoms. The Morgan fingerprint density at radius 3 is 2.39 bits per heavy atom. The maximum atomic E-state index is 5.35. The smallest absolute Gasteiger partial charge is 0.126 e. The van der Waals surface area contributed by atoms with E-state index in [1.807, 2.05) is 6.20 Å². The summed E-state index contributed by atoms with van der Waals surface area (Å²) >= 11 is 0. The van der Waals surface area contributed by atoms with Gasteiger partial charge in [-0.05, 0) is 44.2 Å². The van der Waals surface area contributed by atoms with Gasteiger partial charge in [0.2, 0.25) is 0 Å². The Hall–Kier alpha value is -1.29. The van der Waals surface area contributed by atoms with Gasteiger partial charge in [0.15, 0.2) is 0 Å². The lowest BCUT2D eigenvalue weighted by molar-refractivity contribution is 0.0904. The molecule has 0 amide bonds. The standard InChI is InChI=1S/C14H21N3O/c1-2-11(3-1)17-14-5-4-13(10-15-14)16-12-6-8-18-9-7-12/h4-5,10-12,16H,1-3,6-9H2,(H,15,17). The van der Waals surface area contributed by atoms with Gasteiger partial charge in [-0.3, -0.25) is 0 Å². The van der Waals surface area contributed by atoms with Crippen LogP contribution in [0.25, 0.3) is 0 Å². The predicted octanol–water partition coefficient (Wildman–Crippen LogP) is 2.64. The Kier molecular flexibility index (Phi) is 3.64. The van der Waals surface area contributed by atoms with Crippen LogP contribution in [0.1, 0.15) is 32.1 Å². The van der Waals surface area contributed by atoms with Crippen molar-refractivity contribution in [3.8, 4) is 0 Å². The zero-order valence-electron chi connectivity index (χ0n) is 10.7. The zero-order valence-corrected chi connectivity index (χ0v) is 10.7. The quantitative estimate of drug-likeness (QED) is 0.858. The van der Waals surface area contributed by atoms with E-state index >= 15 is 0 Å². The summed E-state index contributed by atoms with van der Waals surface area (Å²) in [4.78, 5) is 4.46. The van der Waals surface area contributed by atoms with Crippen molar-refractivity contribution >= 4 is 11.5 Å². The van der Waals surface area contributed by atoms with Gasteiger partial charge in [-0.15, -0.1) is 0 Å². The number of hydrogen-bond acceptors (Lipinski definition) is 4. The van der Waals surface area contributed by atoms with Gasteiger partial charge in [0, 0.05) is 25.3 Å². The van der Waals surface area contributed by atoms with E-state index in [0.29, 0.717) is 12.1 Å². The first-order valence-corrected chi connectivity index (χ1v) is 6.97. The van der Waals surface area contributed by atoms with E-state index < -0.39 is 0 Å². The third-order valence-electron chi connectivity index (χ3n) is 3.81. The van der Waals surface area contributed by atoms with Crippen LogP contribution in [0.4, 0.5) is 11.5 Å². The maximum absolute atomic E-state index is 5.35. The second-order valence-corrected chi connectivity index (χ2v) is 5.24. The Morgan fingerprint density at radius 1 is 1.00 bits per heavy atom. The Bertz CT molecular complexity index is 369. The summed E-state index contributed by atoms with van der Waals surface area (Å²) in [6.07, 6.45) is 8.01. The molecule has 1 aromatic heterocycles. The highest BCUT2D eigenvalue weighted by atomic mass is 16.5. The molecule has 4 nitrogen and oxygen atoms in total. The first kappa shape index (κ1) is 11.8. The molecule has 0 atom stereocenters. The second kappa shape index (κ2) is 5.57. The minimum absolute atomic E-state index is 0.533. The molecule has 1 saturated heterocycles. The Morgan fingerprint density at radius 2 is 1.78 bits per heavy atom. The van der Waals surface area contributed by atoms with Gasteiger partial charge in [0.05, 0.1) is 11.9 Å². The molecular formula is C14H21N3O. The Labute approximate surface area is 108 Å². The fourth-order valence-corrected chi connectivity index (χ4v) is 2.40. The van der Waals surface area contributed by atoms with Gasteiger partial charge in [-0.2, -0.15) is 0 Å². The molecule has 0 aromatic carbocycles. The van der Waals surface area contributed by atoms with Crippen molar-refractivity contribution < 1.29 is 4.74 Å². The first-order chi connectivity index (χ1) is 8.90. The number of anilines is 2. The SMILES string of the molecule is c1cc(NC2CCC2)ncc1NC1CCOCC1. The van der Waals surface area contributed by atoms with Crippen molar-refractivity contribution in [3.63, 3.8) is 0 Å². The molecule has 0 bridgehead atoms.